The zero-order chi connectivity index (χ0) is 19.8. The van der Waals surface area contributed by atoms with Gasteiger partial charge in [-0.1, -0.05) is 47.5 Å². The highest BCUT2D eigenvalue weighted by molar-refractivity contribution is 9.10. The monoisotopic (exact) mass is 444 g/mol. The Hall–Kier alpha value is -2.38. The van der Waals surface area contributed by atoms with Gasteiger partial charge in [0.2, 0.25) is 5.91 Å². The molecule has 0 bridgehead atoms. The SMILES string of the molecule is CCCCN1C(=O)[C@@H]2[C@@H](ON(c3ccccc3)[C@H]2c2cc(Br)ccc2O)C1=O. The van der Waals surface area contributed by atoms with Gasteiger partial charge in [0.25, 0.3) is 5.91 Å². The van der Waals surface area contributed by atoms with Crippen molar-refractivity contribution in [2.24, 2.45) is 5.92 Å². The van der Waals surface area contributed by atoms with Crippen LogP contribution in [0.25, 0.3) is 0 Å². The summed E-state index contributed by atoms with van der Waals surface area (Å²) in [5, 5.41) is 12.1. The molecular formula is C21H21BrN2O4. The molecule has 2 amide bonds. The Morgan fingerprint density at radius 3 is 2.57 bits per heavy atom. The minimum atomic E-state index is -0.882. The quantitative estimate of drug-likeness (QED) is 0.710. The van der Waals surface area contributed by atoms with Crippen LogP contribution in [0.1, 0.15) is 31.4 Å². The molecule has 0 aliphatic carbocycles. The number of aromatic hydroxyl groups is 1. The molecular weight excluding hydrogens is 424 g/mol. The number of imide groups is 1. The smallest absolute Gasteiger partial charge is 0.261 e. The Bertz CT molecular complexity index is 905. The highest BCUT2D eigenvalue weighted by Crippen LogP contribution is 2.49. The summed E-state index contributed by atoms with van der Waals surface area (Å²) < 4.78 is 0.774. The Balaban J connectivity index is 1.79. The second-order valence-corrected chi connectivity index (χ2v) is 7.96. The van der Waals surface area contributed by atoms with Crippen molar-refractivity contribution in [3.63, 3.8) is 0 Å². The summed E-state index contributed by atoms with van der Waals surface area (Å²) in [7, 11) is 0. The topological polar surface area (TPSA) is 70.1 Å². The van der Waals surface area contributed by atoms with Crippen LogP contribution < -0.4 is 5.06 Å². The van der Waals surface area contributed by atoms with Crippen molar-refractivity contribution in [1.82, 2.24) is 4.90 Å². The summed E-state index contributed by atoms with van der Waals surface area (Å²) in [6, 6.07) is 13.8. The number of rotatable bonds is 5. The van der Waals surface area contributed by atoms with Crippen molar-refractivity contribution in [3.8, 4) is 5.75 Å². The fourth-order valence-corrected chi connectivity index (χ4v) is 4.26. The van der Waals surface area contributed by atoms with Crippen molar-refractivity contribution in [2.45, 2.75) is 31.9 Å². The first-order chi connectivity index (χ1) is 13.5. The third kappa shape index (κ3) is 3.08. The number of phenolic OH excluding ortho intramolecular Hbond substituents is 1. The predicted molar refractivity (Wildman–Crippen MR) is 107 cm³/mol. The number of benzene rings is 2. The first-order valence-corrected chi connectivity index (χ1v) is 10.2. The number of likely N-dealkylation sites (tertiary alicyclic amines) is 1. The van der Waals surface area contributed by atoms with Crippen LogP contribution in [-0.2, 0) is 14.4 Å². The van der Waals surface area contributed by atoms with Gasteiger partial charge in [-0.3, -0.25) is 19.3 Å². The molecule has 0 saturated carbocycles. The van der Waals surface area contributed by atoms with Crippen LogP contribution in [0.3, 0.4) is 0 Å². The van der Waals surface area contributed by atoms with E-state index in [1.807, 2.05) is 37.3 Å². The Morgan fingerprint density at radius 1 is 1.11 bits per heavy atom. The molecule has 2 fully saturated rings. The van der Waals surface area contributed by atoms with Gasteiger partial charge in [-0.25, -0.2) is 5.06 Å². The number of hydroxylamine groups is 1. The number of amides is 2. The molecule has 2 saturated heterocycles. The second-order valence-electron chi connectivity index (χ2n) is 7.04. The molecule has 28 heavy (non-hydrogen) atoms. The maximum atomic E-state index is 13.2. The molecule has 0 aromatic heterocycles. The van der Waals surface area contributed by atoms with E-state index in [1.54, 1.807) is 23.3 Å². The second kappa shape index (κ2) is 7.56. The number of halogens is 1. The van der Waals surface area contributed by atoms with E-state index in [-0.39, 0.29) is 17.6 Å². The molecule has 7 heteroatoms. The van der Waals surface area contributed by atoms with Crippen molar-refractivity contribution < 1.29 is 19.5 Å². The highest BCUT2D eigenvalue weighted by atomic mass is 79.9. The normalized spacial score (nSPS) is 24.1. The lowest BCUT2D eigenvalue weighted by Crippen LogP contribution is -2.37. The van der Waals surface area contributed by atoms with Crippen LogP contribution in [0.2, 0.25) is 0 Å². The number of carbonyl (C=O) groups is 2. The van der Waals surface area contributed by atoms with Gasteiger partial charge in [0, 0.05) is 16.6 Å². The van der Waals surface area contributed by atoms with Gasteiger partial charge in [0.05, 0.1) is 11.7 Å². The average molecular weight is 445 g/mol. The van der Waals surface area contributed by atoms with E-state index in [1.165, 1.54) is 4.90 Å². The van der Waals surface area contributed by atoms with Crippen molar-refractivity contribution >= 4 is 33.4 Å². The first-order valence-electron chi connectivity index (χ1n) is 9.37. The zero-order valence-corrected chi connectivity index (χ0v) is 17.0. The van der Waals surface area contributed by atoms with Crippen LogP contribution in [-0.4, -0.2) is 34.5 Å². The summed E-state index contributed by atoms with van der Waals surface area (Å²) in [5.74, 6) is -1.19. The molecule has 2 heterocycles. The van der Waals surface area contributed by atoms with Gasteiger partial charge < -0.3 is 5.11 Å². The lowest BCUT2D eigenvalue weighted by molar-refractivity contribution is -0.143. The largest absolute Gasteiger partial charge is 0.508 e. The van der Waals surface area contributed by atoms with E-state index >= 15 is 0 Å². The molecule has 1 N–H and O–H groups in total. The number of hydrogen-bond acceptors (Lipinski definition) is 5. The molecule has 2 aromatic rings. The van der Waals surface area contributed by atoms with Crippen molar-refractivity contribution in [1.29, 1.82) is 0 Å². The van der Waals surface area contributed by atoms with Gasteiger partial charge in [0.15, 0.2) is 6.10 Å². The Morgan fingerprint density at radius 2 is 1.86 bits per heavy atom. The van der Waals surface area contributed by atoms with Crippen LogP contribution in [0.4, 0.5) is 5.69 Å². The van der Waals surface area contributed by atoms with Gasteiger partial charge in [-0.2, -0.15) is 0 Å². The number of hydrogen-bond donors (Lipinski definition) is 1. The average Bonchev–Trinajstić information content (AvgIpc) is 3.20. The van der Waals surface area contributed by atoms with Crippen molar-refractivity contribution in [3.05, 3.63) is 58.6 Å². The van der Waals surface area contributed by atoms with Gasteiger partial charge in [-0.15, -0.1) is 0 Å². The molecule has 6 nitrogen and oxygen atoms in total. The Labute approximate surface area is 171 Å². The van der Waals surface area contributed by atoms with Gasteiger partial charge in [-0.05, 0) is 36.8 Å². The van der Waals surface area contributed by atoms with E-state index in [0.29, 0.717) is 12.1 Å². The summed E-state index contributed by atoms with van der Waals surface area (Å²) in [6.07, 6.45) is 0.763. The minimum Gasteiger partial charge on any atom is -0.508 e. The summed E-state index contributed by atoms with van der Waals surface area (Å²) >= 11 is 3.43. The number of phenols is 1. The molecule has 2 aromatic carbocycles. The van der Waals surface area contributed by atoms with Gasteiger partial charge >= 0.3 is 0 Å². The number of para-hydroxylation sites is 1. The lowest BCUT2D eigenvalue weighted by Gasteiger charge is -2.29. The fraction of sp³-hybridized carbons (Fsp3) is 0.333. The van der Waals surface area contributed by atoms with Gasteiger partial charge in [0.1, 0.15) is 11.7 Å². The molecule has 2 aliphatic heterocycles. The standard InChI is InChI=1S/C21H21BrN2O4/c1-2-3-11-23-20(26)17-18(15-12-13(22)9-10-16(15)25)24(28-19(17)21(23)27)14-7-5-4-6-8-14/h4-10,12,17-19,25H,2-3,11H2,1H3/t17-,18-,19+/m0/s1. The first kappa shape index (κ1) is 19.0. The number of fused-ring (bicyclic) bond motifs is 1. The summed E-state index contributed by atoms with van der Waals surface area (Å²) in [6.45, 7) is 2.41. The molecule has 2 aliphatic rings. The maximum Gasteiger partial charge on any atom is 0.261 e. The molecule has 0 unspecified atom stereocenters. The number of unbranched alkanes of at least 4 members (excludes halogenated alkanes) is 1. The van der Waals surface area contributed by atoms with Crippen LogP contribution in [0, 0.1) is 5.92 Å². The summed E-state index contributed by atoms with van der Waals surface area (Å²) in [5.41, 5.74) is 1.27. The molecule has 4 rings (SSSR count). The molecule has 0 spiro atoms. The third-order valence-corrected chi connectivity index (χ3v) is 5.75. The van der Waals surface area contributed by atoms with Crippen LogP contribution >= 0.6 is 15.9 Å². The predicted octanol–water partition coefficient (Wildman–Crippen LogP) is 3.80. The molecule has 3 atom stereocenters. The number of nitrogens with zero attached hydrogens (tertiary/aromatic N) is 2. The minimum absolute atomic E-state index is 0.0608. The number of anilines is 1. The summed E-state index contributed by atoms with van der Waals surface area (Å²) in [4.78, 5) is 33.4. The third-order valence-electron chi connectivity index (χ3n) is 5.26. The molecule has 146 valence electrons. The number of carbonyl (C=O) groups excluding carboxylic acids is 2. The van der Waals surface area contributed by atoms with E-state index < -0.39 is 18.1 Å². The van der Waals surface area contributed by atoms with E-state index in [9.17, 15) is 14.7 Å². The lowest BCUT2D eigenvalue weighted by atomic mass is 9.90. The zero-order valence-electron chi connectivity index (χ0n) is 15.4. The van der Waals surface area contributed by atoms with E-state index in [0.717, 1.165) is 23.0 Å². The van der Waals surface area contributed by atoms with Crippen LogP contribution in [0.15, 0.2) is 53.0 Å². The molecule has 0 radical (unpaired) electrons. The fourth-order valence-electron chi connectivity index (χ4n) is 3.89. The van der Waals surface area contributed by atoms with E-state index in [4.69, 9.17) is 4.84 Å². The Kier molecular flexibility index (Phi) is 5.12. The maximum absolute atomic E-state index is 13.2. The highest BCUT2D eigenvalue weighted by Gasteiger charge is 2.60. The van der Waals surface area contributed by atoms with Crippen LogP contribution in [0.5, 0.6) is 5.75 Å². The van der Waals surface area contributed by atoms with E-state index in [2.05, 4.69) is 15.9 Å². The van der Waals surface area contributed by atoms with Crippen molar-refractivity contribution in [2.75, 3.05) is 11.6 Å².